The molecule has 2 N–H and O–H groups in total. The molecule has 0 aliphatic rings. The third-order valence-corrected chi connectivity index (χ3v) is 4.13. The summed E-state index contributed by atoms with van der Waals surface area (Å²) in [5.41, 5.74) is 4.17. The van der Waals surface area contributed by atoms with E-state index in [-0.39, 0.29) is 5.91 Å². The van der Waals surface area contributed by atoms with Crippen molar-refractivity contribution in [3.63, 3.8) is 0 Å². The largest absolute Gasteiger partial charge is 0.497 e. The van der Waals surface area contributed by atoms with Gasteiger partial charge >= 0.3 is 0 Å². The van der Waals surface area contributed by atoms with Crippen LogP contribution in [0.3, 0.4) is 0 Å². The van der Waals surface area contributed by atoms with E-state index >= 15 is 0 Å². The predicted octanol–water partition coefficient (Wildman–Crippen LogP) is 4.19. The lowest BCUT2D eigenvalue weighted by molar-refractivity contribution is -0.115. The summed E-state index contributed by atoms with van der Waals surface area (Å²) in [6.07, 6.45) is 2.05. The number of anilines is 2. The summed E-state index contributed by atoms with van der Waals surface area (Å²) in [5, 5.41) is 6.14. The van der Waals surface area contributed by atoms with Gasteiger partial charge in [0.15, 0.2) is 0 Å². The number of hydrogen-bond acceptors (Lipinski definition) is 4. The zero-order valence-corrected chi connectivity index (χ0v) is 15.5. The van der Waals surface area contributed by atoms with Crippen molar-refractivity contribution in [2.75, 3.05) is 17.7 Å². The summed E-state index contributed by atoms with van der Waals surface area (Å²) in [4.78, 5) is 16.5. The fourth-order valence-electron chi connectivity index (χ4n) is 2.71. The topological polar surface area (TPSA) is 63.2 Å². The molecule has 1 aromatic heterocycles. The Labute approximate surface area is 159 Å². The summed E-state index contributed by atoms with van der Waals surface area (Å²) in [5.74, 6) is 1.31. The number of pyridine rings is 1. The van der Waals surface area contributed by atoms with Crippen LogP contribution in [0.1, 0.15) is 16.7 Å². The van der Waals surface area contributed by atoms with Crippen LogP contribution >= 0.6 is 0 Å². The number of nitrogens with zero attached hydrogens (tertiary/aromatic N) is 1. The summed E-state index contributed by atoms with van der Waals surface area (Å²) < 4.78 is 5.16. The van der Waals surface area contributed by atoms with Crippen LogP contribution in [0.15, 0.2) is 66.9 Å². The van der Waals surface area contributed by atoms with E-state index in [1.165, 1.54) is 0 Å². The Bertz CT molecular complexity index is 890. The molecule has 5 nitrogen and oxygen atoms in total. The molecule has 3 rings (SSSR count). The van der Waals surface area contributed by atoms with Gasteiger partial charge in [0.25, 0.3) is 0 Å². The standard InChI is InChI=1S/C22H23N3O2/c1-16-4-3-5-18(12-16)13-22(26)25-21-11-8-19(15-24-21)23-14-17-6-9-20(27-2)10-7-17/h3-12,15,23H,13-14H2,1-2H3,(H,24,25,26). The molecule has 5 heteroatoms. The van der Waals surface area contributed by atoms with Gasteiger partial charge in [-0.3, -0.25) is 4.79 Å². The molecule has 0 saturated heterocycles. The van der Waals surface area contributed by atoms with E-state index in [0.717, 1.165) is 28.1 Å². The Morgan fingerprint density at radius 1 is 1.04 bits per heavy atom. The minimum atomic E-state index is -0.0768. The van der Waals surface area contributed by atoms with E-state index in [1.54, 1.807) is 19.4 Å². The zero-order chi connectivity index (χ0) is 19.1. The van der Waals surface area contributed by atoms with Gasteiger partial charge in [-0.05, 0) is 42.3 Å². The number of rotatable bonds is 7. The lowest BCUT2D eigenvalue weighted by Crippen LogP contribution is -2.15. The average molecular weight is 361 g/mol. The van der Waals surface area contributed by atoms with Crippen molar-refractivity contribution in [1.29, 1.82) is 0 Å². The Kier molecular flexibility index (Phi) is 6.05. The Balaban J connectivity index is 1.51. The third-order valence-electron chi connectivity index (χ3n) is 4.13. The maximum absolute atomic E-state index is 12.2. The first kappa shape index (κ1) is 18.5. The van der Waals surface area contributed by atoms with E-state index in [2.05, 4.69) is 15.6 Å². The van der Waals surface area contributed by atoms with Crippen LogP contribution in [0.4, 0.5) is 11.5 Å². The minimum absolute atomic E-state index is 0.0768. The van der Waals surface area contributed by atoms with Gasteiger partial charge in [-0.25, -0.2) is 4.98 Å². The van der Waals surface area contributed by atoms with E-state index < -0.39 is 0 Å². The molecule has 2 aromatic carbocycles. The number of carbonyl (C=O) groups excluding carboxylic acids is 1. The highest BCUT2D eigenvalue weighted by molar-refractivity contribution is 5.91. The fraction of sp³-hybridized carbons (Fsp3) is 0.182. The average Bonchev–Trinajstić information content (AvgIpc) is 2.68. The first-order valence-electron chi connectivity index (χ1n) is 8.80. The molecular weight excluding hydrogens is 338 g/mol. The second-order valence-electron chi connectivity index (χ2n) is 6.35. The number of hydrogen-bond donors (Lipinski definition) is 2. The van der Waals surface area contributed by atoms with Gasteiger partial charge in [-0.15, -0.1) is 0 Å². The van der Waals surface area contributed by atoms with Gasteiger partial charge in [0.05, 0.1) is 25.4 Å². The molecule has 0 unspecified atom stereocenters. The van der Waals surface area contributed by atoms with Gasteiger partial charge in [0, 0.05) is 6.54 Å². The molecule has 1 amide bonds. The van der Waals surface area contributed by atoms with Gasteiger partial charge in [0.2, 0.25) is 5.91 Å². The number of methoxy groups -OCH3 is 1. The minimum Gasteiger partial charge on any atom is -0.497 e. The van der Waals surface area contributed by atoms with Crippen LogP contribution < -0.4 is 15.4 Å². The number of amides is 1. The highest BCUT2D eigenvalue weighted by atomic mass is 16.5. The summed E-state index contributed by atoms with van der Waals surface area (Å²) >= 11 is 0. The number of carbonyl (C=O) groups is 1. The second-order valence-corrected chi connectivity index (χ2v) is 6.35. The monoisotopic (exact) mass is 361 g/mol. The Hall–Kier alpha value is -3.34. The van der Waals surface area contributed by atoms with Gasteiger partial charge in [-0.1, -0.05) is 42.0 Å². The lowest BCUT2D eigenvalue weighted by atomic mass is 10.1. The number of aromatic nitrogens is 1. The maximum atomic E-state index is 12.2. The molecule has 0 atom stereocenters. The van der Waals surface area contributed by atoms with Crippen molar-refractivity contribution in [3.8, 4) is 5.75 Å². The summed E-state index contributed by atoms with van der Waals surface area (Å²) in [6.45, 7) is 2.70. The molecule has 0 spiro atoms. The number of benzene rings is 2. The quantitative estimate of drug-likeness (QED) is 0.662. The molecule has 0 aliphatic heterocycles. The summed E-state index contributed by atoms with van der Waals surface area (Å²) in [6, 6.07) is 19.5. The normalized spacial score (nSPS) is 10.3. The number of aryl methyl sites for hydroxylation is 1. The van der Waals surface area contributed by atoms with Gasteiger partial charge in [-0.2, -0.15) is 0 Å². The highest BCUT2D eigenvalue weighted by Crippen LogP contribution is 2.15. The molecule has 0 radical (unpaired) electrons. The van der Waals surface area contributed by atoms with Crippen LogP contribution in [0.25, 0.3) is 0 Å². The smallest absolute Gasteiger partial charge is 0.229 e. The van der Waals surface area contributed by atoms with E-state index in [9.17, 15) is 4.79 Å². The summed E-state index contributed by atoms with van der Waals surface area (Å²) in [7, 11) is 1.65. The van der Waals surface area contributed by atoms with Crippen molar-refractivity contribution in [3.05, 3.63) is 83.6 Å². The van der Waals surface area contributed by atoms with E-state index in [1.807, 2.05) is 61.5 Å². The van der Waals surface area contributed by atoms with Crippen LogP contribution in [-0.4, -0.2) is 18.0 Å². The van der Waals surface area contributed by atoms with E-state index in [0.29, 0.717) is 18.8 Å². The first-order valence-corrected chi connectivity index (χ1v) is 8.80. The Morgan fingerprint density at radius 2 is 1.85 bits per heavy atom. The first-order chi connectivity index (χ1) is 13.1. The second kappa shape index (κ2) is 8.85. The SMILES string of the molecule is COc1ccc(CNc2ccc(NC(=O)Cc3cccc(C)c3)nc2)cc1. The van der Waals surface area contributed by atoms with Crippen LogP contribution in [0.5, 0.6) is 5.75 Å². The maximum Gasteiger partial charge on any atom is 0.229 e. The molecule has 0 bridgehead atoms. The molecule has 0 aliphatic carbocycles. The predicted molar refractivity (Wildman–Crippen MR) is 108 cm³/mol. The highest BCUT2D eigenvalue weighted by Gasteiger charge is 2.05. The third kappa shape index (κ3) is 5.57. The van der Waals surface area contributed by atoms with Crippen molar-refractivity contribution >= 4 is 17.4 Å². The fourth-order valence-corrected chi connectivity index (χ4v) is 2.71. The van der Waals surface area contributed by atoms with Crippen molar-refractivity contribution in [1.82, 2.24) is 4.98 Å². The van der Waals surface area contributed by atoms with Crippen LogP contribution in [0.2, 0.25) is 0 Å². The molecule has 0 fully saturated rings. The molecule has 27 heavy (non-hydrogen) atoms. The number of nitrogens with one attached hydrogen (secondary N) is 2. The zero-order valence-electron chi connectivity index (χ0n) is 15.5. The molecule has 1 heterocycles. The molecular formula is C22H23N3O2. The van der Waals surface area contributed by atoms with E-state index in [4.69, 9.17) is 4.74 Å². The molecule has 0 saturated carbocycles. The Morgan fingerprint density at radius 3 is 2.52 bits per heavy atom. The van der Waals surface area contributed by atoms with Gasteiger partial charge < -0.3 is 15.4 Å². The van der Waals surface area contributed by atoms with Gasteiger partial charge in [0.1, 0.15) is 11.6 Å². The number of ether oxygens (including phenoxy) is 1. The van der Waals surface area contributed by atoms with Crippen LogP contribution in [-0.2, 0) is 17.8 Å². The van der Waals surface area contributed by atoms with Crippen LogP contribution in [0, 0.1) is 6.92 Å². The van der Waals surface area contributed by atoms with Crippen molar-refractivity contribution in [2.24, 2.45) is 0 Å². The lowest BCUT2D eigenvalue weighted by Gasteiger charge is -2.09. The van der Waals surface area contributed by atoms with Crippen molar-refractivity contribution in [2.45, 2.75) is 19.9 Å². The molecule has 138 valence electrons. The molecule has 3 aromatic rings. The van der Waals surface area contributed by atoms with Crippen molar-refractivity contribution < 1.29 is 9.53 Å².